The lowest BCUT2D eigenvalue weighted by molar-refractivity contribution is -0.142. The highest BCUT2D eigenvalue weighted by Crippen LogP contribution is 2.59. The first kappa shape index (κ1) is 14.3. The lowest BCUT2D eigenvalue weighted by Gasteiger charge is -2.39. The summed E-state index contributed by atoms with van der Waals surface area (Å²) in [5, 5.41) is 9.17. The van der Waals surface area contributed by atoms with Crippen molar-refractivity contribution in [3.05, 3.63) is 0 Å². The van der Waals surface area contributed by atoms with Crippen LogP contribution < -0.4 is 0 Å². The van der Waals surface area contributed by atoms with Crippen LogP contribution in [0.2, 0.25) is 0 Å². The number of likely N-dealkylation sites (N-methyl/N-ethyl adjacent to an activating group) is 1. The summed E-state index contributed by atoms with van der Waals surface area (Å²) in [4.78, 5) is 27.8. The first-order valence-electron chi connectivity index (χ1n) is 7.02. The van der Waals surface area contributed by atoms with E-state index in [0.29, 0.717) is 12.6 Å². The Labute approximate surface area is 114 Å². The molecule has 3 unspecified atom stereocenters. The Hall–Kier alpha value is -1.10. The summed E-state index contributed by atoms with van der Waals surface area (Å²) in [5.41, 5.74) is -0.395. The second-order valence-corrected chi connectivity index (χ2v) is 6.44. The van der Waals surface area contributed by atoms with Gasteiger partial charge >= 0.3 is 5.97 Å². The van der Waals surface area contributed by atoms with Gasteiger partial charge in [-0.3, -0.25) is 14.5 Å². The van der Waals surface area contributed by atoms with E-state index in [9.17, 15) is 9.59 Å². The zero-order chi connectivity index (χ0) is 14.4. The molecule has 108 valence electrons. The van der Waals surface area contributed by atoms with E-state index in [4.69, 9.17) is 5.11 Å². The highest BCUT2D eigenvalue weighted by Gasteiger charge is 2.66. The first-order valence-corrected chi connectivity index (χ1v) is 7.02. The van der Waals surface area contributed by atoms with Crippen LogP contribution in [0.25, 0.3) is 0 Å². The van der Waals surface area contributed by atoms with Crippen LogP contribution in [-0.2, 0) is 9.59 Å². The SMILES string of the molecule is CCC1CN(C(=O)C2C(C(=O)O)C2(C)C)CCN1C. The number of carboxylic acids is 1. The lowest BCUT2D eigenvalue weighted by atomic mass is 10.1. The number of carbonyl (C=O) groups excluding carboxylic acids is 1. The second-order valence-electron chi connectivity index (χ2n) is 6.44. The maximum atomic E-state index is 12.5. The van der Waals surface area contributed by atoms with Crippen molar-refractivity contribution in [3.8, 4) is 0 Å². The predicted molar refractivity (Wildman–Crippen MR) is 71.7 cm³/mol. The molecule has 1 saturated carbocycles. The largest absolute Gasteiger partial charge is 0.481 e. The van der Waals surface area contributed by atoms with E-state index >= 15 is 0 Å². The third kappa shape index (κ3) is 2.36. The van der Waals surface area contributed by atoms with Crippen molar-refractivity contribution in [1.82, 2.24) is 9.80 Å². The van der Waals surface area contributed by atoms with Crippen molar-refractivity contribution in [1.29, 1.82) is 0 Å². The third-order valence-corrected chi connectivity index (χ3v) is 4.92. The van der Waals surface area contributed by atoms with Gasteiger partial charge in [0.1, 0.15) is 0 Å². The van der Waals surface area contributed by atoms with Crippen LogP contribution in [-0.4, -0.2) is 59.5 Å². The molecule has 2 aliphatic rings. The van der Waals surface area contributed by atoms with Gasteiger partial charge in [-0.15, -0.1) is 0 Å². The predicted octanol–water partition coefficient (Wildman–Crippen LogP) is 0.896. The Balaban J connectivity index is 2.04. The van der Waals surface area contributed by atoms with Gasteiger partial charge in [0.2, 0.25) is 5.91 Å². The number of aliphatic carboxylic acids is 1. The first-order chi connectivity index (χ1) is 8.80. The number of hydrogen-bond donors (Lipinski definition) is 1. The van der Waals surface area contributed by atoms with E-state index in [1.165, 1.54) is 0 Å². The molecule has 1 aliphatic heterocycles. The molecule has 1 saturated heterocycles. The van der Waals surface area contributed by atoms with Crippen LogP contribution in [0.3, 0.4) is 0 Å². The standard InChI is InChI=1S/C14H24N2O3/c1-5-9-8-16(7-6-15(9)4)12(17)10-11(13(18)19)14(10,2)3/h9-11H,5-8H2,1-4H3,(H,18,19). The monoisotopic (exact) mass is 268 g/mol. The van der Waals surface area contributed by atoms with Gasteiger partial charge in [-0.1, -0.05) is 20.8 Å². The van der Waals surface area contributed by atoms with Crippen molar-refractivity contribution in [2.45, 2.75) is 33.2 Å². The average molecular weight is 268 g/mol. The van der Waals surface area contributed by atoms with Crippen LogP contribution in [0.15, 0.2) is 0 Å². The maximum absolute atomic E-state index is 12.5. The second kappa shape index (κ2) is 4.78. The molecule has 2 rings (SSSR count). The van der Waals surface area contributed by atoms with Crippen molar-refractivity contribution < 1.29 is 14.7 Å². The summed E-state index contributed by atoms with van der Waals surface area (Å²) >= 11 is 0. The molecular weight excluding hydrogens is 244 g/mol. The fourth-order valence-electron chi connectivity index (χ4n) is 3.34. The van der Waals surface area contributed by atoms with Crippen LogP contribution in [0.1, 0.15) is 27.2 Å². The number of amides is 1. The molecule has 0 bridgehead atoms. The van der Waals surface area contributed by atoms with Crippen molar-refractivity contribution in [3.63, 3.8) is 0 Å². The molecule has 0 aromatic heterocycles. The van der Waals surface area contributed by atoms with Crippen LogP contribution in [0.5, 0.6) is 0 Å². The zero-order valence-corrected chi connectivity index (χ0v) is 12.2. The highest BCUT2D eigenvalue weighted by molar-refractivity contribution is 5.91. The fourth-order valence-corrected chi connectivity index (χ4v) is 3.34. The minimum absolute atomic E-state index is 0.0314. The number of rotatable bonds is 3. The topological polar surface area (TPSA) is 60.9 Å². The molecule has 2 fully saturated rings. The molecule has 0 aromatic carbocycles. The minimum Gasteiger partial charge on any atom is -0.481 e. The lowest BCUT2D eigenvalue weighted by Crippen LogP contribution is -2.53. The molecule has 1 heterocycles. The molecule has 5 nitrogen and oxygen atoms in total. The summed E-state index contributed by atoms with van der Waals surface area (Å²) in [7, 11) is 2.08. The number of carboxylic acid groups (broad SMARTS) is 1. The summed E-state index contributed by atoms with van der Waals surface area (Å²) in [6.07, 6.45) is 1.01. The molecule has 0 spiro atoms. The Bertz CT molecular complexity index is 394. The fraction of sp³-hybridized carbons (Fsp3) is 0.857. The van der Waals surface area contributed by atoms with E-state index in [1.54, 1.807) is 0 Å². The van der Waals surface area contributed by atoms with Crippen LogP contribution >= 0.6 is 0 Å². The van der Waals surface area contributed by atoms with Gasteiger partial charge in [-0.05, 0) is 18.9 Å². The molecule has 1 N–H and O–H groups in total. The number of hydrogen-bond acceptors (Lipinski definition) is 3. The molecule has 1 amide bonds. The summed E-state index contributed by atoms with van der Waals surface area (Å²) in [6.45, 7) is 8.18. The van der Waals surface area contributed by atoms with Gasteiger partial charge in [0.25, 0.3) is 0 Å². The molecule has 0 aromatic rings. The van der Waals surface area contributed by atoms with Crippen molar-refractivity contribution >= 4 is 11.9 Å². The molecule has 5 heteroatoms. The molecule has 0 radical (unpaired) electrons. The number of nitrogens with zero attached hydrogens (tertiary/aromatic N) is 2. The van der Waals surface area contributed by atoms with E-state index in [-0.39, 0.29) is 11.8 Å². The van der Waals surface area contributed by atoms with Gasteiger partial charge < -0.3 is 10.0 Å². The van der Waals surface area contributed by atoms with Crippen LogP contribution in [0, 0.1) is 17.3 Å². The summed E-state index contributed by atoms with van der Waals surface area (Å²) in [5.74, 6) is -1.67. The Morgan fingerprint density at radius 2 is 1.89 bits per heavy atom. The average Bonchev–Trinajstić information content (AvgIpc) is 2.92. The van der Waals surface area contributed by atoms with Gasteiger partial charge in [-0.25, -0.2) is 0 Å². The third-order valence-electron chi connectivity index (χ3n) is 4.92. The van der Waals surface area contributed by atoms with Crippen molar-refractivity contribution in [2.75, 3.05) is 26.7 Å². The summed E-state index contributed by atoms with van der Waals surface area (Å²) < 4.78 is 0. The molecular formula is C14H24N2O3. The quantitative estimate of drug-likeness (QED) is 0.826. The van der Waals surface area contributed by atoms with Gasteiger partial charge in [0.05, 0.1) is 11.8 Å². The highest BCUT2D eigenvalue weighted by atomic mass is 16.4. The van der Waals surface area contributed by atoms with Gasteiger partial charge in [0, 0.05) is 25.7 Å². The van der Waals surface area contributed by atoms with E-state index in [0.717, 1.165) is 19.5 Å². The summed E-state index contributed by atoms with van der Waals surface area (Å²) in [6, 6.07) is 0.392. The maximum Gasteiger partial charge on any atom is 0.307 e. The van der Waals surface area contributed by atoms with E-state index in [1.807, 2.05) is 18.7 Å². The van der Waals surface area contributed by atoms with E-state index in [2.05, 4.69) is 18.9 Å². The number of piperazine rings is 1. The van der Waals surface area contributed by atoms with E-state index < -0.39 is 17.3 Å². The molecule has 1 aliphatic carbocycles. The van der Waals surface area contributed by atoms with Gasteiger partial charge in [0.15, 0.2) is 0 Å². The van der Waals surface area contributed by atoms with Crippen LogP contribution in [0.4, 0.5) is 0 Å². The Morgan fingerprint density at radius 3 is 2.37 bits per heavy atom. The smallest absolute Gasteiger partial charge is 0.307 e. The molecule has 3 atom stereocenters. The Morgan fingerprint density at radius 1 is 1.26 bits per heavy atom. The Kier molecular flexibility index (Phi) is 3.60. The minimum atomic E-state index is -0.843. The number of carbonyl (C=O) groups is 2. The molecule has 19 heavy (non-hydrogen) atoms. The normalized spacial score (nSPS) is 34.1. The zero-order valence-electron chi connectivity index (χ0n) is 12.2. The van der Waals surface area contributed by atoms with Crippen molar-refractivity contribution in [2.24, 2.45) is 17.3 Å². The van der Waals surface area contributed by atoms with Gasteiger partial charge in [-0.2, -0.15) is 0 Å².